The third-order valence-electron chi connectivity index (χ3n) is 7.61. The standard InChI is InChI=1S/C24H33ClN2O4/c1-15(2)20(26-21(29)16-3-8-19(28)13-16)22(30)27-12-11-24(31,23(14-27)9-10-23)17-4-6-18(25)7-5-17/h4-7,15-16,19-20,28,31H,3,8-14H2,1-2H3,(H,26,29)/t16-,19-,20-,24?/m1/s1. The molecule has 2 aliphatic carbocycles. The van der Waals surface area contributed by atoms with E-state index in [0.29, 0.717) is 43.8 Å². The zero-order valence-corrected chi connectivity index (χ0v) is 19.1. The van der Waals surface area contributed by atoms with Gasteiger partial charge in [-0.1, -0.05) is 37.6 Å². The average molecular weight is 449 g/mol. The van der Waals surface area contributed by atoms with E-state index < -0.39 is 17.7 Å². The summed E-state index contributed by atoms with van der Waals surface area (Å²) in [4.78, 5) is 28.0. The van der Waals surface area contributed by atoms with Crippen LogP contribution in [0.25, 0.3) is 0 Å². The highest BCUT2D eigenvalue weighted by Crippen LogP contribution is 2.62. The number of rotatable bonds is 5. The largest absolute Gasteiger partial charge is 0.393 e. The summed E-state index contributed by atoms with van der Waals surface area (Å²) in [5, 5.41) is 25.0. The zero-order chi connectivity index (χ0) is 22.4. The third-order valence-corrected chi connectivity index (χ3v) is 7.86. The second kappa shape index (κ2) is 8.38. The first kappa shape index (κ1) is 22.6. The Morgan fingerprint density at radius 2 is 1.84 bits per heavy atom. The molecule has 31 heavy (non-hydrogen) atoms. The van der Waals surface area contributed by atoms with Gasteiger partial charge < -0.3 is 20.4 Å². The Bertz CT molecular complexity index is 838. The molecule has 1 aliphatic heterocycles. The second-order valence-corrected chi connectivity index (χ2v) is 10.5. The molecule has 1 unspecified atom stereocenters. The SMILES string of the molecule is CC(C)[C@@H](NC(=O)[C@@H]1CC[C@@H](O)C1)C(=O)N1CCC(O)(c2ccc(Cl)cc2)C2(CC2)C1. The van der Waals surface area contributed by atoms with E-state index in [2.05, 4.69) is 5.32 Å². The molecule has 4 rings (SSSR count). The van der Waals surface area contributed by atoms with E-state index in [9.17, 15) is 19.8 Å². The normalized spacial score (nSPS) is 30.5. The Kier molecular flexibility index (Phi) is 6.10. The number of likely N-dealkylation sites (tertiary alicyclic amines) is 1. The van der Waals surface area contributed by atoms with Gasteiger partial charge >= 0.3 is 0 Å². The van der Waals surface area contributed by atoms with Crippen LogP contribution in [-0.2, 0) is 15.2 Å². The quantitative estimate of drug-likeness (QED) is 0.646. The van der Waals surface area contributed by atoms with Crippen molar-refractivity contribution in [1.29, 1.82) is 0 Å². The molecule has 3 N–H and O–H groups in total. The van der Waals surface area contributed by atoms with Crippen molar-refractivity contribution in [2.24, 2.45) is 17.3 Å². The number of hydrogen-bond donors (Lipinski definition) is 3. The number of benzene rings is 1. The van der Waals surface area contributed by atoms with Crippen molar-refractivity contribution in [3.8, 4) is 0 Å². The molecular weight excluding hydrogens is 416 g/mol. The molecular formula is C24H33ClN2O4. The molecule has 3 fully saturated rings. The highest BCUT2D eigenvalue weighted by Gasteiger charge is 2.62. The van der Waals surface area contributed by atoms with Crippen LogP contribution in [0.5, 0.6) is 0 Å². The molecule has 3 aliphatic rings. The number of aliphatic hydroxyl groups excluding tert-OH is 1. The molecule has 7 heteroatoms. The van der Waals surface area contributed by atoms with Gasteiger partial charge in [-0.3, -0.25) is 9.59 Å². The molecule has 2 saturated carbocycles. The minimum Gasteiger partial charge on any atom is -0.393 e. The molecule has 1 heterocycles. The van der Waals surface area contributed by atoms with E-state index >= 15 is 0 Å². The van der Waals surface area contributed by atoms with Gasteiger partial charge in [-0.05, 0) is 62.1 Å². The van der Waals surface area contributed by atoms with Crippen LogP contribution in [0.2, 0.25) is 5.02 Å². The van der Waals surface area contributed by atoms with Crippen molar-refractivity contribution >= 4 is 23.4 Å². The summed E-state index contributed by atoms with van der Waals surface area (Å²) in [5.74, 6) is -0.490. The van der Waals surface area contributed by atoms with Crippen LogP contribution < -0.4 is 5.32 Å². The fourth-order valence-electron chi connectivity index (χ4n) is 5.40. The first-order valence-corrected chi connectivity index (χ1v) is 11.8. The summed E-state index contributed by atoms with van der Waals surface area (Å²) >= 11 is 6.03. The molecule has 1 aromatic carbocycles. The van der Waals surface area contributed by atoms with E-state index in [1.807, 2.05) is 30.9 Å². The molecule has 1 saturated heterocycles. The number of amides is 2. The highest BCUT2D eigenvalue weighted by atomic mass is 35.5. The van der Waals surface area contributed by atoms with Gasteiger partial charge in [0, 0.05) is 29.4 Å². The number of carbonyl (C=O) groups is 2. The summed E-state index contributed by atoms with van der Waals surface area (Å²) in [5.41, 5.74) is -0.448. The van der Waals surface area contributed by atoms with Crippen LogP contribution in [-0.4, -0.2) is 52.2 Å². The first-order valence-electron chi connectivity index (χ1n) is 11.4. The van der Waals surface area contributed by atoms with Gasteiger partial charge in [-0.25, -0.2) is 0 Å². The van der Waals surface area contributed by atoms with E-state index in [1.165, 1.54) is 0 Å². The number of halogens is 1. The predicted molar refractivity (Wildman–Crippen MR) is 118 cm³/mol. The minimum atomic E-state index is -0.967. The summed E-state index contributed by atoms with van der Waals surface area (Å²) in [6, 6.07) is 6.77. The van der Waals surface area contributed by atoms with Crippen molar-refractivity contribution in [1.82, 2.24) is 10.2 Å². The maximum atomic E-state index is 13.4. The molecule has 6 nitrogen and oxygen atoms in total. The topological polar surface area (TPSA) is 89.9 Å². The Morgan fingerprint density at radius 1 is 1.16 bits per heavy atom. The minimum absolute atomic E-state index is 0.0463. The zero-order valence-electron chi connectivity index (χ0n) is 18.3. The summed E-state index contributed by atoms with van der Waals surface area (Å²) in [7, 11) is 0. The fraction of sp³-hybridized carbons (Fsp3) is 0.667. The van der Waals surface area contributed by atoms with Crippen molar-refractivity contribution in [3.05, 3.63) is 34.9 Å². The van der Waals surface area contributed by atoms with Gasteiger partial charge in [0.15, 0.2) is 0 Å². The highest BCUT2D eigenvalue weighted by molar-refractivity contribution is 6.30. The van der Waals surface area contributed by atoms with E-state index in [4.69, 9.17) is 11.6 Å². The monoisotopic (exact) mass is 448 g/mol. The number of nitrogens with one attached hydrogen (secondary N) is 1. The van der Waals surface area contributed by atoms with E-state index in [1.54, 1.807) is 12.1 Å². The van der Waals surface area contributed by atoms with Gasteiger partial charge in [-0.2, -0.15) is 0 Å². The molecule has 1 spiro atoms. The van der Waals surface area contributed by atoms with Gasteiger partial charge in [0.05, 0.1) is 11.7 Å². The molecule has 0 aromatic heterocycles. The van der Waals surface area contributed by atoms with E-state index in [0.717, 1.165) is 18.4 Å². The smallest absolute Gasteiger partial charge is 0.245 e. The molecule has 170 valence electrons. The van der Waals surface area contributed by atoms with Gasteiger partial charge in [0.1, 0.15) is 6.04 Å². The van der Waals surface area contributed by atoms with E-state index in [-0.39, 0.29) is 29.1 Å². The van der Waals surface area contributed by atoms with Crippen molar-refractivity contribution in [2.75, 3.05) is 13.1 Å². The van der Waals surface area contributed by atoms with Crippen molar-refractivity contribution in [2.45, 2.75) is 70.1 Å². The van der Waals surface area contributed by atoms with Crippen LogP contribution in [0.4, 0.5) is 0 Å². The molecule has 2 amide bonds. The Balaban J connectivity index is 1.46. The van der Waals surface area contributed by atoms with Gasteiger partial charge in [-0.15, -0.1) is 0 Å². The lowest BCUT2D eigenvalue weighted by Gasteiger charge is -2.47. The molecule has 0 bridgehead atoms. The van der Waals surface area contributed by atoms with Crippen molar-refractivity contribution in [3.63, 3.8) is 0 Å². The predicted octanol–water partition coefficient (Wildman–Crippen LogP) is 2.84. The van der Waals surface area contributed by atoms with Crippen LogP contribution in [0.3, 0.4) is 0 Å². The lowest BCUT2D eigenvalue weighted by molar-refractivity contribution is -0.149. The van der Waals surface area contributed by atoms with Crippen LogP contribution in [0.1, 0.15) is 57.9 Å². The number of carbonyl (C=O) groups excluding carboxylic acids is 2. The number of hydrogen-bond acceptors (Lipinski definition) is 4. The lowest BCUT2D eigenvalue weighted by Crippen LogP contribution is -2.58. The second-order valence-electron chi connectivity index (χ2n) is 10.1. The number of piperidine rings is 1. The lowest BCUT2D eigenvalue weighted by atomic mass is 9.73. The fourth-order valence-corrected chi connectivity index (χ4v) is 5.53. The Morgan fingerprint density at radius 3 is 2.39 bits per heavy atom. The average Bonchev–Trinajstić information content (AvgIpc) is 3.38. The summed E-state index contributed by atoms with van der Waals surface area (Å²) < 4.78 is 0. The first-order chi connectivity index (χ1) is 14.6. The summed E-state index contributed by atoms with van der Waals surface area (Å²) in [6.07, 6.45) is 3.54. The Labute approximate surface area is 189 Å². The summed E-state index contributed by atoms with van der Waals surface area (Å²) in [6.45, 7) is 4.81. The van der Waals surface area contributed by atoms with Crippen LogP contribution in [0, 0.1) is 17.3 Å². The Hall–Kier alpha value is -1.63. The maximum absolute atomic E-state index is 13.4. The number of aliphatic hydroxyl groups is 2. The molecule has 4 atom stereocenters. The maximum Gasteiger partial charge on any atom is 0.245 e. The number of nitrogens with zero attached hydrogens (tertiary/aromatic N) is 1. The molecule has 0 radical (unpaired) electrons. The van der Waals surface area contributed by atoms with Crippen LogP contribution in [0.15, 0.2) is 24.3 Å². The third kappa shape index (κ3) is 4.22. The van der Waals surface area contributed by atoms with Crippen LogP contribution >= 0.6 is 11.6 Å². The molecule has 1 aromatic rings. The van der Waals surface area contributed by atoms with Gasteiger partial charge in [0.2, 0.25) is 11.8 Å². The van der Waals surface area contributed by atoms with Crippen molar-refractivity contribution < 1.29 is 19.8 Å². The van der Waals surface area contributed by atoms with Gasteiger partial charge in [0.25, 0.3) is 0 Å².